The van der Waals surface area contributed by atoms with Crippen LogP contribution in [0.3, 0.4) is 0 Å². The van der Waals surface area contributed by atoms with Gasteiger partial charge in [-0.1, -0.05) is 23.7 Å². The predicted molar refractivity (Wildman–Crippen MR) is 117 cm³/mol. The molecule has 4 rings (SSSR count). The number of carbonyl (C=O) groups excluding carboxylic acids is 1. The number of pyridine rings is 1. The van der Waals surface area contributed by atoms with Gasteiger partial charge in [0.2, 0.25) is 0 Å². The first kappa shape index (κ1) is 20.2. The summed E-state index contributed by atoms with van der Waals surface area (Å²) in [4.78, 5) is 18.8. The molecule has 3 N–H and O–H groups in total. The lowest BCUT2D eigenvalue weighted by Gasteiger charge is -2.27. The minimum absolute atomic E-state index is 0.00102. The minimum atomic E-state index is 0.00102. The van der Waals surface area contributed by atoms with Gasteiger partial charge in [0, 0.05) is 26.8 Å². The quantitative estimate of drug-likeness (QED) is 0.550. The van der Waals surface area contributed by atoms with Gasteiger partial charge in [-0.2, -0.15) is 5.10 Å². The van der Waals surface area contributed by atoms with Crippen molar-refractivity contribution in [2.75, 3.05) is 31.3 Å². The summed E-state index contributed by atoms with van der Waals surface area (Å²) in [6, 6.07) is 7.63. The van der Waals surface area contributed by atoms with E-state index in [1.165, 1.54) is 0 Å². The molecule has 30 heavy (non-hydrogen) atoms. The van der Waals surface area contributed by atoms with Crippen LogP contribution in [-0.2, 0) is 17.8 Å². The maximum atomic E-state index is 12.7. The van der Waals surface area contributed by atoms with E-state index in [1.54, 1.807) is 18.2 Å². The first-order valence-electron chi connectivity index (χ1n) is 9.57. The van der Waals surface area contributed by atoms with E-state index in [-0.39, 0.29) is 5.91 Å². The summed E-state index contributed by atoms with van der Waals surface area (Å²) >= 11 is 6.40. The number of aryl methyl sites for hydroxylation is 1. The van der Waals surface area contributed by atoms with Gasteiger partial charge in [0.1, 0.15) is 11.5 Å². The third-order valence-electron chi connectivity index (χ3n) is 5.11. The Morgan fingerprint density at radius 1 is 1.30 bits per heavy atom. The monoisotopic (exact) mass is 426 g/mol. The molecule has 1 aromatic carbocycles. The molecule has 3 aromatic rings. The number of H-pyrrole nitrogens is 1. The van der Waals surface area contributed by atoms with E-state index < -0.39 is 0 Å². The number of fused-ring (bicyclic) bond motifs is 1. The van der Waals surface area contributed by atoms with Crippen LogP contribution in [0.25, 0.3) is 0 Å². The van der Waals surface area contributed by atoms with Crippen molar-refractivity contribution in [3.63, 3.8) is 0 Å². The molecule has 2 aromatic heterocycles. The standard InChI is InChI=1S/C21H23ClN6O2/c1-12-20(17(11-30-3)27-26-12)25-18-9-16(14(22)10-23-18)24-15-6-4-5-13-7-8-28(2)21(29)19(13)15/h4-6,9-10H,7-8,11H2,1-3H3,(H,26,27)(H2,23,24,25). The van der Waals surface area contributed by atoms with Crippen molar-refractivity contribution in [2.24, 2.45) is 0 Å². The molecule has 0 fully saturated rings. The summed E-state index contributed by atoms with van der Waals surface area (Å²) in [5.74, 6) is 0.595. The van der Waals surface area contributed by atoms with E-state index >= 15 is 0 Å². The number of aromatic nitrogens is 3. The van der Waals surface area contributed by atoms with Crippen LogP contribution in [0.5, 0.6) is 0 Å². The van der Waals surface area contributed by atoms with E-state index in [4.69, 9.17) is 16.3 Å². The normalized spacial score (nSPS) is 13.3. The summed E-state index contributed by atoms with van der Waals surface area (Å²) in [5, 5.41) is 14.2. The third-order valence-corrected chi connectivity index (χ3v) is 5.41. The SMILES string of the molecule is COCc1n[nH]c(C)c1Nc1cc(Nc2cccc3c2C(=O)N(C)CC3)c(Cl)cn1. The number of nitrogens with zero attached hydrogens (tertiary/aromatic N) is 3. The van der Waals surface area contributed by atoms with Gasteiger partial charge in [-0.3, -0.25) is 9.89 Å². The van der Waals surface area contributed by atoms with Gasteiger partial charge >= 0.3 is 0 Å². The highest BCUT2D eigenvalue weighted by Crippen LogP contribution is 2.33. The second-order valence-corrected chi connectivity index (χ2v) is 7.63. The number of halogens is 1. The zero-order valence-electron chi connectivity index (χ0n) is 17.0. The second kappa shape index (κ2) is 8.33. The lowest BCUT2D eigenvalue weighted by molar-refractivity contribution is 0.0782. The summed E-state index contributed by atoms with van der Waals surface area (Å²) in [5.41, 5.74) is 5.53. The third kappa shape index (κ3) is 3.83. The average molecular weight is 427 g/mol. The Hall–Kier alpha value is -3.10. The van der Waals surface area contributed by atoms with Gasteiger partial charge in [0.15, 0.2) is 0 Å². The van der Waals surface area contributed by atoms with Crippen LogP contribution in [0.4, 0.5) is 22.9 Å². The van der Waals surface area contributed by atoms with E-state index in [0.717, 1.165) is 34.7 Å². The number of hydrogen-bond acceptors (Lipinski definition) is 6. The first-order valence-corrected chi connectivity index (χ1v) is 9.95. The molecule has 0 saturated heterocycles. The van der Waals surface area contributed by atoms with E-state index in [9.17, 15) is 4.79 Å². The maximum Gasteiger partial charge on any atom is 0.255 e. The fourth-order valence-corrected chi connectivity index (χ4v) is 3.66. The number of benzene rings is 1. The Bertz CT molecular complexity index is 1100. The van der Waals surface area contributed by atoms with Crippen molar-refractivity contribution >= 4 is 40.4 Å². The van der Waals surface area contributed by atoms with Crippen molar-refractivity contribution in [3.05, 3.63) is 58.0 Å². The van der Waals surface area contributed by atoms with Gasteiger partial charge < -0.3 is 20.3 Å². The molecule has 0 unspecified atom stereocenters. The summed E-state index contributed by atoms with van der Waals surface area (Å²) in [6.07, 6.45) is 2.40. The molecule has 156 valence electrons. The molecule has 8 nitrogen and oxygen atoms in total. The van der Waals surface area contributed by atoms with Gasteiger partial charge in [0.05, 0.1) is 46.1 Å². The Morgan fingerprint density at radius 3 is 2.93 bits per heavy atom. The number of amides is 1. The Balaban J connectivity index is 1.65. The molecule has 0 saturated carbocycles. The molecule has 3 heterocycles. The lowest BCUT2D eigenvalue weighted by atomic mass is 9.97. The second-order valence-electron chi connectivity index (χ2n) is 7.22. The largest absolute Gasteiger partial charge is 0.378 e. The van der Waals surface area contributed by atoms with E-state index in [0.29, 0.717) is 35.2 Å². The molecule has 0 spiro atoms. The molecule has 1 aliphatic rings. The highest BCUT2D eigenvalue weighted by molar-refractivity contribution is 6.33. The van der Waals surface area contributed by atoms with Gasteiger partial charge in [-0.15, -0.1) is 0 Å². The number of nitrogens with one attached hydrogen (secondary N) is 3. The first-order chi connectivity index (χ1) is 14.5. The van der Waals surface area contributed by atoms with Crippen LogP contribution < -0.4 is 10.6 Å². The van der Waals surface area contributed by atoms with Crippen molar-refractivity contribution in [3.8, 4) is 0 Å². The number of methoxy groups -OCH3 is 1. The molecular formula is C21H23ClN6O2. The van der Waals surface area contributed by atoms with Gasteiger partial charge in [0.25, 0.3) is 5.91 Å². The van der Waals surface area contributed by atoms with Crippen LogP contribution in [0.15, 0.2) is 30.5 Å². The Morgan fingerprint density at radius 2 is 2.13 bits per heavy atom. The number of carbonyl (C=O) groups is 1. The van der Waals surface area contributed by atoms with Crippen molar-refractivity contribution in [1.82, 2.24) is 20.1 Å². The number of likely N-dealkylation sites (N-methyl/N-ethyl adjacent to an activating group) is 1. The van der Waals surface area contributed by atoms with Crippen molar-refractivity contribution < 1.29 is 9.53 Å². The molecule has 0 radical (unpaired) electrons. The fraction of sp³-hybridized carbons (Fsp3) is 0.286. The minimum Gasteiger partial charge on any atom is -0.378 e. The number of rotatable bonds is 6. The zero-order valence-corrected chi connectivity index (χ0v) is 17.8. The van der Waals surface area contributed by atoms with Crippen LogP contribution in [-0.4, -0.2) is 46.7 Å². The molecular weight excluding hydrogens is 404 g/mol. The highest BCUT2D eigenvalue weighted by atomic mass is 35.5. The van der Waals surface area contributed by atoms with Crippen LogP contribution in [0.1, 0.15) is 27.3 Å². The molecule has 9 heteroatoms. The highest BCUT2D eigenvalue weighted by Gasteiger charge is 2.24. The Labute approximate surface area is 179 Å². The van der Waals surface area contributed by atoms with Crippen molar-refractivity contribution in [1.29, 1.82) is 0 Å². The van der Waals surface area contributed by atoms with Gasteiger partial charge in [-0.25, -0.2) is 4.98 Å². The van der Waals surface area contributed by atoms with Gasteiger partial charge in [-0.05, 0) is 25.0 Å². The summed E-state index contributed by atoms with van der Waals surface area (Å²) in [6.45, 7) is 3.01. The molecule has 1 aliphatic heterocycles. The molecule has 0 atom stereocenters. The smallest absolute Gasteiger partial charge is 0.255 e. The number of anilines is 4. The zero-order chi connectivity index (χ0) is 21.3. The topological polar surface area (TPSA) is 95.2 Å². The Kier molecular flexibility index (Phi) is 5.61. The molecule has 0 aliphatic carbocycles. The van der Waals surface area contributed by atoms with Crippen LogP contribution in [0, 0.1) is 6.92 Å². The molecule has 1 amide bonds. The van der Waals surface area contributed by atoms with E-state index in [2.05, 4.69) is 25.8 Å². The predicted octanol–water partition coefficient (Wildman–Crippen LogP) is 4.03. The summed E-state index contributed by atoms with van der Waals surface area (Å²) in [7, 11) is 3.43. The fourth-order valence-electron chi connectivity index (χ4n) is 3.51. The number of ether oxygens (including phenoxy) is 1. The maximum absolute atomic E-state index is 12.7. The van der Waals surface area contributed by atoms with Crippen molar-refractivity contribution in [2.45, 2.75) is 20.0 Å². The number of aromatic amines is 1. The van der Waals surface area contributed by atoms with E-state index in [1.807, 2.05) is 38.2 Å². The summed E-state index contributed by atoms with van der Waals surface area (Å²) < 4.78 is 5.20. The molecule has 0 bridgehead atoms. The van der Waals surface area contributed by atoms with Crippen LogP contribution >= 0.6 is 11.6 Å². The lowest BCUT2D eigenvalue weighted by Crippen LogP contribution is -2.34. The van der Waals surface area contributed by atoms with Crippen LogP contribution in [0.2, 0.25) is 5.02 Å². The average Bonchev–Trinajstić information content (AvgIpc) is 3.07. The number of hydrogen-bond donors (Lipinski definition) is 3.